The molecule has 1 aromatic carbocycles. The molecular weight excluding hydrogens is 360 g/mol. The normalized spacial score (nSPS) is 18.0. The number of amides is 1. The van der Waals surface area contributed by atoms with Gasteiger partial charge in [0.05, 0.1) is 38.5 Å². The molecule has 0 unspecified atom stereocenters. The molecule has 28 heavy (non-hydrogen) atoms. The lowest BCUT2D eigenvalue weighted by Crippen LogP contribution is -2.48. The van der Waals surface area contributed by atoms with E-state index < -0.39 is 0 Å². The van der Waals surface area contributed by atoms with Crippen LogP contribution in [-0.4, -0.2) is 49.9 Å². The maximum Gasteiger partial charge on any atom is 0.230 e. The lowest BCUT2D eigenvalue weighted by Gasteiger charge is -2.45. The van der Waals surface area contributed by atoms with E-state index in [9.17, 15) is 4.79 Å². The molecule has 1 amide bonds. The Morgan fingerprint density at radius 2 is 1.89 bits per heavy atom. The van der Waals surface area contributed by atoms with Crippen molar-refractivity contribution in [3.63, 3.8) is 0 Å². The third-order valence-electron chi connectivity index (χ3n) is 5.78. The Bertz CT molecular complexity index is 868. The number of fused-ring (bicyclic) bond motifs is 2. The summed E-state index contributed by atoms with van der Waals surface area (Å²) in [4.78, 5) is 14.5. The lowest BCUT2D eigenvalue weighted by molar-refractivity contribution is -0.140. The number of carbonyl (C=O) groups excluding carboxylic acids is 1. The van der Waals surface area contributed by atoms with Crippen LogP contribution in [0.5, 0.6) is 11.5 Å². The van der Waals surface area contributed by atoms with Crippen LogP contribution >= 0.6 is 0 Å². The van der Waals surface area contributed by atoms with E-state index in [1.807, 2.05) is 24.0 Å². The number of rotatable bonds is 4. The zero-order valence-electron chi connectivity index (χ0n) is 16.6. The lowest BCUT2D eigenvalue weighted by atomic mass is 9.79. The van der Waals surface area contributed by atoms with Gasteiger partial charge < -0.3 is 23.6 Å². The smallest absolute Gasteiger partial charge is 0.230 e. The van der Waals surface area contributed by atoms with Crippen molar-refractivity contribution in [2.75, 3.05) is 33.9 Å². The molecule has 1 spiro atoms. The quantitative estimate of drug-likeness (QED) is 0.804. The summed E-state index contributed by atoms with van der Waals surface area (Å²) in [5.41, 5.74) is 2.82. The maximum atomic E-state index is 12.6. The molecule has 2 aromatic rings. The fourth-order valence-corrected chi connectivity index (χ4v) is 4.28. The molecule has 1 saturated heterocycles. The zero-order valence-corrected chi connectivity index (χ0v) is 16.6. The van der Waals surface area contributed by atoms with Crippen LogP contribution in [0.1, 0.15) is 35.4 Å². The van der Waals surface area contributed by atoms with Gasteiger partial charge in [0.2, 0.25) is 5.91 Å². The number of nitrogens with zero attached hydrogens (tertiary/aromatic N) is 2. The molecule has 150 valence electrons. The first-order chi connectivity index (χ1) is 13.5. The van der Waals surface area contributed by atoms with E-state index in [4.69, 9.17) is 18.7 Å². The van der Waals surface area contributed by atoms with Crippen molar-refractivity contribution in [1.82, 2.24) is 10.1 Å². The van der Waals surface area contributed by atoms with Crippen molar-refractivity contribution in [1.29, 1.82) is 0 Å². The molecule has 2 aliphatic heterocycles. The Labute approximate surface area is 164 Å². The predicted molar refractivity (Wildman–Crippen MR) is 102 cm³/mol. The molecule has 0 atom stereocenters. The zero-order chi connectivity index (χ0) is 19.7. The van der Waals surface area contributed by atoms with Crippen molar-refractivity contribution >= 4 is 5.91 Å². The second-order valence-corrected chi connectivity index (χ2v) is 7.45. The molecule has 2 aliphatic rings. The first kappa shape index (κ1) is 18.8. The fourth-order valence-electron chi connectivity index (χ4n) is 4.28. The van der Waals surface area contributed by atoms with Crippen molar-refractivity contribution < 1.29 is 23.5 Å². The summed E-state index contributed by atoms with van der Waals surface area (Å²) >= 11 is 0. The number of aromatic nitrogens is 1. The highest BCUT2D eigenvalue weighted by atomic mass is 16.5. The molecule has 0 bridgehead atoms. The van der Waals surface area contributed by atoms with E-state index in [2.05, 4.69) is 11.2 Å². The molecule has 0 N–H and O–H groups in total. The Morgan fingerprint density at radius 3 is 2.54 bits per heavy atom. The number of benzene rings is 1. The monoisotopic (exact) mass is 386 g/mol. The molecule has 1 fully saturated rings. The summed E-state index contributed by atoms with van der Waals surface area (Å²) in [6, 6.07) is 5.91. The van der Waals surface area contributed by atoms with Crippen molar-refractivity contribution in [3.8, 4) is 11.5 Å². The molecule has 0 aliphatic carbocycles. The van der Waals surface area contributed by atoms with Gasteiger partial charge in [0.15, 0.2) is 11.5 Å². The van der Waals surface area contributed by atoms with Gasteiger partial charge in [-0.1, -0.05) is 5.16 Å². The third kappa shape index (κ3) is 3.35. The first-order valence-corrected chi connectivity index (χ1v) is 9.64. The van der Waals surface area contributed by atoms with Gasteiger partial charge in [0.1, 0.15) is 5.76 Å². The number of hydrogen-bond acceptors (Lipinski definition) is 6. The number of likely N-dealkylation sites (tertiary alicyclic amines) is 1. The van der Waals surface area contributed by atoms with Crippen molar-refractivity contribution in [3.05, 3.63) is 40.8 Å². The maximum absolute atomic E-state index is 12.6. The van der Waals surface area contributed by atoms with Crippen molar-refractivity contribution in [2.24, 2.45) is 0 Å². The standard InChI is InChI=1S/C21H26N2O5/c1-14-10-16(28-22-14)12-20(24)23-7-5-21(6-8-23)17-13-19(26-3)18(25-2)11-15(17)4-9-27-21/h10-11,13H,4-9,12H2,1-3H3. The molecule has 0 saturated carbocycles. The van der Waals surface area contributed by atoms with Gasteiger partial charge in [-0.15, -0.1) is 0 Å². The number of ether oxygens (including phenoxy) is 3. The summed E-state index contributed by atoms with van der Waals surface area (Å²) < 4.78 is 22.4. The number of carbonyl (C=O) groups is 1. The summed E-state index contributed by atoms with van der Waals surface area (Å²) in [6.07, 6.45) is 2.62. The van der Waals surface area contributed by atoms with Crippen LogP contribution in [-0.2, 0) is 28.0 Å². The van der Waals surface area contributed by atoms with Crippen LogP contribution in [0, 0.1) is 6.92 Å². The van der Waals surface area contributed by atoms with E-state index in [1.165, 1.54) is 5.56 Å². The summed E-state index contributed by atoms with van der Waals surface area (Å²) in [6.45, 7) is 3.83. The van der Waals surface area contributed by atoms with Gasteiger partial charge >= 0.3 is 0 Å². The minimum Gasteiger partial charge on any atom is -0.493 e. The average molecular weight is 386 g/mol. The van der Waals surface area contributed by atoms with Crippen LogP contribution in [0.2, 0.25) is 0 Å². The first-order valence-electron chi connectivity index (χ1n) is 9.64. The molecule has 7 heteroatoms. The number of hydrogen-bond donors (Lipinski definition) is 0. The van der Waals surface area contributed by atoms with Crippen LogP contribution in [0.3, 0.4) is 0 Å². The van der Waals surface area contributed by atoms with Gasteiger partial charge in [0.25, 0.3) is 0 Å². The molecule has 4 rings (SSSR count). The van der Waals surface area contributed by atoms with E-state index in [0.29, 0.717) is 31.2 Å². The third-order valence-corrected chi connectivity index (χ3v) is 5.78. The summed E-state index contributed by atoms with van der Waals surface area (Å²) in [5.74, 6) is 2.13. The highest BCUT2D eigenvalue weighted by molar-refractivity contribution is 5.78. The highest BCUT2D eigenvalue weighted by Gasteiger charge is 2.42. The van der Waals surface area contributed by atoms with Crippen LogP contribution < -0.4 is 9.47 Å². The SMILES string of the molecule is COc1cc2c(cc1OC)C1(CCN(C(=O)Cc3cc(C)no3)CC1)OCC2. The average Bonchev–Trinajstić information content (AvgIpc) is 3.12. The van der Waals surface area contributed by atoms with Crippen LogP contribution in [0.15, 0.2) is 22.7 Å². The molecule has 7 nitrogen and oxygen atoms in total. The van der Waals surface area contributed by atoms with E-state index >= 15 is 0 Å². The van der Waals surface area contributed by atoms with Gasteiger partial charge in [0, 0.05) is 19.2 Å². The second-order valence-electron chi connectivity index (χ2n) is 7.45. The summed E-state index contributed by atoms with van der Waals surface area (Å²) in [5, 5.41) is 3.85. The molecular formula is C21H26N2O5. The minimum absolute atomic E-state index is 0.0642. The van der Waals surface area contributed by atoms with Gasteiger partial charge in [-0.25, -0.2) is 0 Å². The van der Waals surface area contributed by atoms with E-state index in [0.717, 1.165) is 36.3 Å². The van der Waals surface area contributed by atoms with E-state index in [-0.39, 0.29) is 17.9 Å². The van der Waals surface area contributed by atoms with Crippen LogP contribution in [0.4, 0.5) is 0 Å². The van der Waals surface area contributed by atoms with Gasteiger partial charge in [-0.3, -0.25) is 4.79 Å². The van der Waals surface area contributed by atoms with Gasteiger partial charge in [-0.05, 0) is 49.4 Å². The topological polar surface area (TPSA) is 74.0 Å². The number of piperidine rings is 1. The molecule has 3 heterocycles. The Morgan fingerprint density at radius 1 is 1.18 bits per heavy atom. The number of aryl methyl sites for hydroxylation is 1. The van der Waals surface area contributed by atoms with Crippen LogP contribution in [0.25, 0.3) is 0 Å². The van der Waals surface area contributed by atoms with Gasteiger partial charge in [-0.2, -0.15) is 0 Å². The minimum atomic E-state index is -0.368. The molecule has 1 aromatic heterocycles. The fraction of sp³-hybridized carbons (Fsp3) is 0.524. The van der Waals surface area contributed by atoms with Crippen molar-refractivity contribution in [2.45, 2.75) is 38.2 Å². The Kier molecular flexibility index (Phi) is 5.02. The number of methoxy groups -OCH3 is 2. The summed E-state index contributed by atoms with van der Waals surface area (Å²) in [7, 11) is 3.30. The predicted octanol–water partition coefficient (Wildman–Crippen LogP) is 2.63. The Hall–Kier alpha value is -2.54. The Balaban J connectivity index is 1.50. The van der Waals surface area contributed by atoms with E-state index in [1.54, 1.807) is 14.2 Å². The highest BCUT2D eigenvalue weighted by Crippen LogP contribution is 2.45. The molecule has 0 radical (unpaired) electrons. The second kappa shape index (κ2) is 7.47. The largest absolute Gasteiger partial charge is 0.493 e.